The van der Waals surface area contributed by atoms with Crippen LogP contribution in [0.5, 0.6) is 0 Å². The van der Waals surface area contributed by atoms with E-state index in [1.54, 1.807) is 0 Å². The van der Waals surface area contributed by atoms with Gasteiger partial charge in [-0.05, 0) is 28.8 Å². The second-order valence-corrected chi connectivity index (χ2v) is 4.11. The predicted octanol–water partition coefficient (Wildman–Crippen LogP) is 2.08. The molecule has 1 aromatic heterocycles. The zero-order valence-corrected chi connectivity index (χ0v) is 9.25. The first-order chi connectivity index (χ1) is 6.29. The van der Waals surface area contributed by atoms with Gasteiger partial charge in [0.05, 0.1) is 0 Å². The minimum atomic E-state index is 0.623. The second-order valence-electron chi connectivity index (χ2n) is 3.40. The summed E-state index contributed by atoms with van der Waals surface area (Å²) in [4.78, 5) is 4.23. The Morgan fingerprint density at radius 1 is 1.54 bits per heavy atom. The van der Waals surface area contributed by atoms with E-state index in [-0.39, 0.29) is 0 Å². The molecule has 2 heterocycles. The van der Waals surface area contributed by atoms with Gasteiger partial charge >= 0.3 is 0 Å². The molecule has 0 radical (unpaired) electrons. The van der Waals surface area contributed by atoms with Crippen LogP contribution in [0.1, 0.15) is 24.5 Å². The molecule has 1 aliphatic rings. The van der Waals surface area contributed by atoms with Crippen LogP contribution in [0.25, 0.3) is 0 Å². The van der Waals surface area contributed by atoms with Gasteiger partial charge in [0, 0.05) is 38.1 Å². The third-order valence-corrected chi connectivity index (χ3v) is 3.34. The zero-order chi connectivity index (χ0) is 9.26. The highest BCUT2D eigenvalue weighted by Crippen LogP contribution is 2.27. The van der Waals surface area contributed by atoms with Gasteiger partial charge < -0.3 is 9.30 Å². The summed E-state index contributed by atoms with van der Waals surface area (Å²) in [6.45, 7) is 1.76. The van der Waals surface area contributed by atoms with Gasteiger partial charge in [-0.15, -0.1) is 0 Å². The van der Waals surface area contributed by atoms with Gasteiger partial charge in [0.15, 0.2) is 4.73 Å². The van der Waals surface area contributed by atoms with Gasteiger partial charge in [-0.3, -0.25) is 0 Å². The summed E-state index contributed by atoms with van der Waals surface area (Å²) in [7, 11) is 2.04. The Balaban J connectivity index is 2.18. The Morgan fingerprint density at radius 3 is 2.77 bits per heavy atom. The Bertz CT molecular complexity index is 292. The normalized spacial score (nSPS) is 19.2. The van der Waals surface area contributed by atoms with Crippen molar-refractivity contribution in [3.8, 4) is 0 Å². The average Bonchev–Trinajstić information content (AvgIpc) is 2.49. The molecule has 4 heteroatoms. The van der Waals surface area contributed by atoms with E-state index in [9.17, 15) is 0 Å². The molecule has 1 fully saturated rings. The van der Waals surface area contributed by atoms with Gasteiger partial charge in [0.25, 0.3) is 0 Å². The minimum Gasteiger partial charge on any atom is -0.381 e. The van der Waals surface area contributed by atoms with E-state index in [0.717, 1.165) is 30.8 Å². The van der Waals surface area contributed by atoms with Gasteiger partial charge in [-0.2, -0.15) is 0 Å². The fourth-order valence-corrected chi connectivity index (χ4v) is 2.08. The first-order valence-corrected chi connectivity index (χ1v) is 5.33. The molecule has 0 bridgehead atoms. The molecule has 0 N–H and O–H groups in total. The van der Waals surface area contributed by atoms with Gasteiger partial charge in [0.1, 0.15) is 0 Å². The average molecular weight is 245 g/mol. The van der Waals surface area contributed by atoms with E-state index in [4.69, 9.17) is 4.74 Å². The lowest BCUT2D eigenvalue weighted by Crippen LogP contribution is -2.16. The monoisotopic (exact) mass is 244 g/mol. The highest BCUT2D eigenvalue weighted by atomic mass is 79.9. The van der Waals surface area contributed by atoms with Crippen molar-refractivity contribution in [1.82, 2.24) is 9.55 Å². The predicted molar refractivity (Wildman–Crippen MR) is 53.7 cm³/mol. The maximum absolute atomic E-state index is 5.33. The number of nitrogens with zero attached hydrogens (tertiary/aromatic N) is 2. The number of rotatable bonds is 1. The van der Waals surface area contributed by atoms with Crippen molar-refractivity contribution in [1.29, 1.82) is 0 Å². The summed E-state index contributed by atoms with van der Waals surface area (Å²) >= 11 is 3.40. The van der Waals surface area contributed by atoms with E-state index in [0.29, 0.717) is 5.92 Å². The van der Waals surface area contributed by atoms with E-state index in [1.807, 2.05) is 13.2 Å². The van der Waals surface area contributed by atoms with Crippen LogP contribution in [0, 0.1) is 0 Å². The first kappa shape index (κ1) is 9.21. The van der Waals surface area contributed by atoms with Crippen molar-refractivity contribution < 1.29 is 4.74 Å². The maximum Gasteiger partial charge on any atom is 0.177 e. The summed E-state index contributed by atoms with van der Waals surface area (Å²) in [5.74, 6) is 0.623. The first-order valence-electron chi connectivity index (χ1n) is 4.54. The molecule has 0 spiro atoms. The fourth-order valence-electron chi connectivity index (χ4n) is 1.77. The maximum atomic E-state index is 5.33. The van der Waals surface area contributed by atoms with E-state index in [2.05, 4.69) is 25.5 Å². The zero-order valence-electron chi connectivity index (χ0n) is 7.66. The van der Waals surface area contributed by atoms with Crippen molar-refractivity contribution in [2.24, 2.45) is 7.05 Å². The van der Waals surface area contributed by atoms with Crippen molar-refractivity contribution in [3.05, 3.63) is 16.6 Å². The highest BCUT2D eigenvalue weighted by Gasteiger charge is 2.19. The quantitative estimate of drug-likeness (QED) is 0.757. The topological polar surface area (TPSA) is 27.1 Å². The van der Waals surface area contributed by atoms with Crippen LogP contribution in [0.3, 0.4) is 0 Å². The number of ether oxygens (including phenoxy) is 1. The van der Waals surface area contributed by atoms with E-state index in [1.165, 1.54) is 5.69 Å². The number of hydrogen-bond acceptors (Lipinski definition) is 2. The van der Waals surface area contributed by atoms with Crippen LogP contribution in [0.15, 0.2) is 10.9 Å². The molecule has 0 aliphatic carbocycles. The number of halogens is 1. The highest BCUT2D eigenvalue weighted by molar-refractivity contribution is 9.10. The lowest BCUT2D eigenvalue weighted by Gasteiger charge is -2.22. The number of hydrogen-bond donors (Lipinski definition) is 0. The SMILES string of the molecule is Cn1c(C2CCOCC2)cnc1Br. The molecule has 0 aromatic carbocycles. The smallest absolute Gasteiger partial charge is 0.177 e. The van der Waals surface area contributed by atoms with Gasteiger partial charge in [-0.25, -0.2) is 4.98 Å². The summed E-state index contributed by atoms with van der Waals surface area (Å²) < 4.78 is 8.34. The molecule has 1 saturated heterocycles. The van der Waals surface area contributed by atoms with Crippen LogP contribution in [-0.4, -0.2) is 22.8 Å². The van der Waals surface area contributed by atoms with Crippen molar-refractivity contribution in [2.45, 2.75) is 18.8 Å². The minimum absolute atomic E-state index is 0.623. The molecule has 0 atom stereocenters. The molecular formula is C9H13BrN2O. The molecule has 1 aliphatic heterocycles. The Hall–Kier alpha value is -0.350. The van der Waals surface area contributed by atoms with E-state index >= 15 is 0 Å². The largest absolute Gasteiger partial charge is 0.381 e. The number of imidazole rings is 1. The van der Waals surface area contributed by atoms with Gasteiger partial charge in [0.2, 0.25) is 0 Å². The molecule has 2 rings (SSSR count). The van der Waals surface area contributed by atoms with Crippen molar-refractivity contribution in [3.63, 3.8) is 0 Å². The van der Waals surface area contributed by atoms with Gasteiger partial charge in [-0.1, -0.05) is 0 Å². The molecule has 1 aromatic rings. The third-order valence-electron chi connectivity index (χ3n) is 2.61. The third kappa shape index (κ3) is 1.79. The van der Waals surface area contributed by atoms with Crippen molar-refractivity contribution in [2.75, 3.05) is 13.2 Å². The van der Waals surface area contributed by atoms with Crippen LogP contribution in [-0.2, 0) is 11.8 Å². The Morgan fingerprint density at radius 2 is 2.23 bits per heavy atom. The number of aromatic nitrogens is 2. The summed E-state index contributed by atoms with van der Waals surface area (Å²) in [6, 6.07) is 0. The molecule has 0 saturated carbocycles. The Kier molecular flexibility index (Phi) is 2.69. The molecule has 72 valence electrons. The van der Waals surface area contributed by atoms with Crippen LogP contribution in [0.2, 0.25) is 0 Å². The standard InChI is InChI=1S/C9H13BrN2O/c1-12-8(6-11-9(12)10)7-2-4-13-5-3-7/h6-7H,2-5H2,1H3. The lowest BCUT2D eigenvalue weighted by molar-refractivity contribution is 0.0839. The molecule has 0 unspecified atom stereocenters. The molecule has 13 heavy (non-hydrogen) atoms. The fraction of sp³-hybridized carbons (Fsp3) is 0.667. The van der Waals surface area contributed by atoms with Crippen LogP contribution in [0.4, 0.5) is 0 Å². The Labute approximate surface area is 86.2 Å². The summed E-state index contributed by atoms with van der Waals surface area (Å²) in [6.07, 6.45) is 4.19. The second kappa shape index (κ2) is 3.80. The lowest BCUT2D eigenvalue weighted by atomic mass is 9.97. The summed E-state index contributed by atoms with van der Waals surface area (Å²) in [5.41, 5.74) is 1.31. The summed E-state index contributed by atoms with van der Waals surface area (Å²) in [5, 5.41) is 0. The molecule has 0 amide bonds. The van der Waals surface area contributed by atoms with Crippen LogP contribution >= 0.6 is 15.9 Å². The van der Waals surface area contributed by atoms with Crippen molar-refractivity contribution >= 4 is 15.9 Å². The molecule has 3 nitrogen and oxygen atoms in total. The molecular weight excluding hydrogens is 232 g/mol. The van der Waals surface area contributed by atoms with Crippen LogP contribution < -0.4 is 0 Å². The van der Waals surface area contributed by atoms with E-state index < -0.39 is 0 Å².